The second-order valence-electron chi connectivity index (χ2n) is 3.95. The van der Waals surface area contributed by atoms with Crippen molar-refractivity contribution in [2.75, 3.05) is 6.54 Å². The van der Waals surface area contributed by atoms with Crippen LogP contribution in [0.5, 0.6) is 0 Å². The van der Waals surface area contributed by atoms with E-state index in [1.54, 1.807) is 6.07 Å². The molecule has 6 nitrogen and oxygen atoms in total. The zero-order valence-corrected chi connectivity index (χ0v) is 12.5. The Hall–Kier alpha value is -1.73. The molecule has 0 aliphatic heterocycles. The average Bonchev–Trinajstić information content (AvgIpc) is 2.40. The van der Waals surface area contributed by atoms with E-state index in [0.29, 0.717) is 10.7 Å². The molecule has 20 heavy (non-hydrogen) atoms. The Labute approximate surface area is 127 Å². The minimum atomic E-state index is -0.538. The molecule has 2 N–H and O–H groups in total. The molecule has 0 atom stereocenters. The van der Waals surface area contributed by atoms with E-state index >= 15 is 0 Å². The molecule has 0 heterocycles. The van der Waals surface area contributed by atoms with Crippen LogP contribution in [0.1, 0.15) is 25.3 Å². The lowest BCUT2D eigenvalue weighted by Gasteiger charge is -2.05. The van der Waals surface area contributed by atoms with Crippen molar-refractivity contribution in [1.82, 2.24) is 10.7 Å². The van der Waals surface area contributed by atoms with Gasteiger partial charge in [0.05, 0.1) is 11.1 Å². The fourth-order valence-electron chi connectivity index (χ4n) is 1.33. The third-order valence-electron chi connectivity index (χ3n) is 2.36. The number of hydrogen-bond donors (Lipinski definition) is 2. The highest BCUT2D eigenvalue weighted by molar-refractivity contribution is 7.80. The fourth-order valence-corrected chi connectivity index (χ4v) is 1.67. The highest BCUT2D eigenvalue weighted by Gasteiger charge is 2.11. The number of nitro groups is 1. The number of nitrogens with one attached hydrogen (secondary N) is 2. The van der Waals surface area contributed by atoms with Gasteiger partial charge in [-0.1, -0.05) is 31.0 Å². The standard InChI is InChI=1S/C12H15ClN4O2S/c1-2-3-6-14-12(20)16-15-8-9-4-5-10(13)11(7-9)17(18)19/h4-5,7-8H,2-3,6H2,1H3,(H2,14,16,20)/b15-8-. The predicted octanol–water partition coefficient (Wildman–Crippen LogP) is 2.85. The second kappa shape index (κ2) is 8.44. The van der Waals surface area contributed by atoms with Crippen LogP contribution in [0.25, 0.3) is 0 Å². The van der Waals surface area contributed by atoms with Gasteiger partial charge in [0, 0.05) is 18.2 Å². The molecule has 0 fully saturated rings. The van der Waals surface area contributed by atoms with Crippen LogP contribution in [0.15, 0.2) is 23.3 Å². The summed E-state index contributed by atoms with van der Waals surface area (Å²) in [6.45, 7) is 2.87. The second-order valence-corrected chi connectivity index (χ2v) is 4.76. The van der Waals surface area contributed by atoms with Crippen molar-refractivity contribution in [1.29, 1.82) is 0 Å². The maximum absolute atomic E-state index is 10.7. The van der Waals surface area contributed by atoms with Gasteiger partial charge in [-0.25, -0.2) is 0 Å². The first kappa shape index (κ1) is 16.3. The molecule has 0 unspecified atom stereocenters. The lowest BCUT2D eigenvalue weighted by Crippen LogP contribution is -2.32. The van der Waals surface area contributed by atoms with Crippen LogP contribution in [0.2, 0.25) is 5.02 Å². The SMILES string of the molecule is CCCCNC(=S)N/N=C\c1ccc(Cl)c([N+](=O)[O-])c1. The van der Waals surface area contributed by atoms with Crippen LogP contribution in [0.3, 0.4) is 0 Å². The Bertz CT molecular complexity index is 522. The predicted molar refractivity (Wildman–Crippen MR) is 84.3 cm³/mol. The molecule has 108 valence electrons. The quantitative estimate of drug-likeness (QED) is 0.277. The summed E-state index contributed by atoms with van der Waals surface area (Å²) in [6, 6.07) is 4.44. The maximum atomic E-state index is 10.7. The normalized spacial score (nSPS) is 10.5. The van der Waals surface area contributed by atoms with Crippen LogP contribution in [0, 0.1) is 10.1 Å². The molecular weight excluding hydrogens is 300 g/mol. The van der Waals surface area contributed by atoms with E-state index in [-0.39, 0.29) is 10.7 Å². The topological polar surface area (TPSA) is 79.6 Å². The van der Waals surface area contributed by atoms with E-state index in [1.807, 2.05) is 0 Å². The average molecular weight is 315 g/mol. The molecular formula is C12H15ClN4O2S. The van der Waals surface area contributed by atoms with E-state index in [1.165, 1.54) is 18.3 Å². The summed E-state index contributed by atoms with van der Waals surface area (Å²) in [5, 5.41) is 18.1. The van der Waals surface area contributed by atoms with Gasteiger partial charge in [0.15, 0.2) is 5.11 Å². The van der Waals surface area contributed by atoms with Crippen molar-refractivity contribution in [3.05, 3.63) is 38.9 Å². The summed E-state index contributed by atoms with van der Waals surface area (Å²) < 4.78 is 0. The first-order valence-electron chi connectivity index (χ1n) is 6.05. The molecule has 0 spiro atoms. The Morgan fingerprint density at radius 2 is 2.35 bits per heavy atom. The van der Waals surface area contributed by atoms with Gasteiger partial charge in [-0.2, -0.15) is 5.10 Å². The summed E-state index contributed by atoms with van der Waals surface area (Å²) >= 11 is 10.7. The lowest BCUT2D eigenvalue weighted by molar-refractivity contribution is -0.384. The van der Waals surface area contributed by atoms with Gasteiger partial charge >= 0.3 is 0 Å². The number of nitrogens with zero attached hydrogens (tertiary/aromatic N) is 2. The Morgan fingerprint density at radius 3 is 3.00 bits per heavy atom. The molecule has 1 aromatic carbocycles. The minimum absolute atomic E-state index is 0.0943. The van der Waals surface area contributed by atoms with Gasteiger partial charge < -0.3 is 5.32 Å². The van der Waals surface area contributed by atoms with Gasteiger partial charge in [-0.3, -0.25) is 15.5 Å². The van der Waals surface area contributed by atoms with E-state index < -0.39 is 4.92 Å². The van der Waals surface area contributed by atoms with Gasteiger partial charge in [0.2, 0.25) is 0 Å². The van der Waals surface area contributed by atoms with E-state index in [0.717, 1.165) is 19.4 Å². The molecule has 1 aromatic rings. The zero-order valence-electron chi connectivity index (χ0n) is 10.9. The summed E-state index contributed by atoms with van der Waals surface area (Å²) in [5.41, 5.74) is 3.05. The number of hydrogen-bond acceptors (Lipinski definition) is 4. The first-order chi connectivity index (χ1) is 9.54. The van der Waals surface area contributed by atoms with Crippen molar-refractivity contribution < 1.29 is 4.92 Å². The van der Waals surface area contributed by atoms with Crippen molar-refractivity contribution in [3.63, 3.8) is 0 Å². The van der Waals surface area contributed by atoms with Crippen molar-refractivity contribution in [3.8, 4) is 0 Å². The number of rotatable bonds is 6. The van der Waals surface area contributed by atoms with Crippen molar-refractivity contribution in [2.45, 2.75) is 19.8 Å². The number of unbranched alkanes of at least 4 members (excludes halogenated alkanes) is 1. The van der Waals surface area contributed by atoms with Crippen molar-refractivity contribution >= 4 is 40.8 Å². The third-order valence-corrected chi connectivity index (χ3v) is 2.92. The number of thiocarbonyl (C=S) groups is 1. The summed E-state index contributed by atoms with van der Waals surface area (Å²) in [5.74, 6) is 0. The largest absolute Gasteiger partial charge is 0.361 e. The van der Waals surface area contributed by atoms with Crippen molar-refractivity contribution in [2.24, 2.45) is 5.10 Å². The van der Waals surface area contributed by atoms with Gasteiger partial charge in [-0.05, 0) is 24.7 Å². The summed E-state index contributed by atoms with van der Waals surface area (Å²) in [7, 11) is 0. The fraction of sp³-hybridized carbons (Fsp3) is 0.333. The number of benzene rings is 1. The minimum Gasteiger partial charge on any atom is -0.361 e. The smallest absolute Gasteiger partial charge is 0.288 e. The van der Waals surface area contributed by atoms with Crippen LogP contribution in [-0.2, 0) is 0 Å². The molecule has 0 saturated heterocycles. The van der Waals surface area contributed by atoms with Crippen LogP contribution in [0.4, 0.5) is 5.69 Å². The van der Waals surface area contributed by atoms with Gasteiger partial charge in [0.25, 0.3) is 5.69 Å². The molecule has 8 heteroatoms. The summed E-state index contributed by atoms with van der Waals surface area (Å²) in [4.78, 5) is 10.2. The molecule has 0 aromatic heterocycles. The number of hydrazone groups is 1. The molecule has 0 radical (unpaired) electrons. The molecule has 0 aliphatic carbocycles. The lowest BCUT2D eigenvalue weighted by atomic mass is 10.2. The first-order valence-corrected chi connectivity index (χ1v) is 6.84. The maximum Gasteiger partial charge on any atom is 0.288 e. The van der Waals surface area contributed by atoms with E-state index in [2.05, 4.69) is 22.8 Å². The molecule has 1 rings (SSSR count). The number of nitro benzene ring substituents is 1. The van der Waals surface area contributed by atoms with Crippen LogP contribution >= 0.6 is 23.8 Å². The molecule has 0 saturated carbocycles. The molecule has 0 aliphatic rings. The van der Waals surface area contributed by atoms with Gasteiger partial charge in [-0.15, -0.1) is 0 Å². The van der Waals surface area contributed by atoms with Crippen LogP contribution in [-0.4, -0.2) is 22.8 Å². The van der Waals surface area contributed by atoms with Gasteiger partial charge in [0.1, 0.15) is 5.02 Å². The highest BCUT2D eigenvalue weighted by Crippen LogP contribution is 2.24. The highest BCUT2D eigenvalue weighted by atomic mass is 35.5. The van der Waals surface area contributed by atoms with E-state index in [9.17, 15) is 10.1 Å². The summed E-state index contributed by atoms with van der Waals surface area (Å²) in [6.07, 6.45) is 3.54. The monoisotopic (exact) mass is 314 g/mol. The Balaban J connectivity index is 2.56. The van der Waals surface area contributed by atoms with E-state index in [4.69, 9.17) is 23.8 Å². The molecule has 0 bridgehead atoms. The van der Waals surface area contributed by atoms with Crippen LogP contribution < -0.4 is 10.7 Å². The number of halogens is 1. The Kier molecular flexibility index (Phi) is 6.89. The molecule has 0 amide bonds. The Morgan fingerprint density at radius 1 is 1.60 bits per heavy atom. The zero-order chi connectivity index (χ0) is 15.0. The third kappa shape index (κ3) is 5.50.